The second kappa shape index (κ2) is 11.0. The molecule has 6 heteroatoms. The van der Waals surface area contributed by atoms with Crippen LogP contribution in [0.2, 0.25) is 0 Å². The van der Waals surface area contributed by atoms with Gasteiger partial charge >= 0.3 is 0 Å². The Bertz CT molecular complexity index is 874. The van der Waals surface area contributed by atoms with Crippen LogP contribution < -0.4 is 4.74 Å². The van der Waals surface area contributed by atoms with Gasteiger partial charge in [0.15, 0.2) is 0 Å². The lowest BCUT2D eigenvalue weighted by molar-refractivity contribution is -0.138. The Morgan fingerprint density at radius 3 is 2.72 bits per heavy atom. The van der Waals surface area contributed by atoms with E-state index in [9.17, 15) is 4.79 Å². The van der Waals surface area contributed by atoms with Crippen LogP contribution in [0, 0.1) is 11.8 Å². The molecule has 1 aromatic heterocycles. The Hall–Kier alpha value is -2.34. The van der Waals surface area contributed by atoms with Gasteiger partial charge in [0, 0.05) is 56.8 Å². The van der Waals surface area contributed by atoms with Crippen LogP contribution in [0.25, 0.3) is 0 Å². The summed E-state index contributed by atoms with van der Waals surface area (Å²) < 4.78 is 8.03. The molecule has 0 radical (unpaired) electrons. The van der Waals surface area contributed by atoms with Crippen LogP contribution in [0.15, 0.2) is 36.7 Å². The minimum absolute atomic E-state index is 0.267. The van der Waals surface area contributed by atoms with E-state index in [1.54, 1.807) is 0 Å². The molecular weight excluding hydrogens is 400 g/mol. The van der Waals surface area contributed by atoms with Gasteiger partial charge in [-0.15, -0.1) is 0 Å². The Labute approximate surface area is 192 Å². The van der Waals surface area contributed by atoms with E-state index in [0.717, 1.165) is 57.6 Å². The van der Waals surface area contributed by atoms with Crippen molar-refractivity contribution in [2.45, 2.75) is 58.0 Å². The predicted octanol–water partition coefficient (Wildman–Crippen LogP) is 4.25. The summed E-state index contributed by atoms with van der Waals surface area (Å²) in [6.07, 6.45) is 12.1. The molecule has 1 aromatic carbocycles. The summed E-state index contributed by atoms with van der Waals surface area (Å²) in [6.45, 7) is 4.18. The minimum atomic E-state index is 0.267. The zero-order chi connectivity index (χ0) is 22.3. The summed E-state index contributed by atoms with van der Waals surface area (Å²) in [7, 11) is 4.07. The topological polar surface area (TPSA) is 50.6 Å². The third-order valence-corrected chi connectivity index (χ3v) is 6.83. The van der Waals surface area contributed by atoms with E-state index in [0.29, 0.717) is 18.4 Å². The van der Waals surface area contributed by atoms with Crippen LogP contribution in [0.5, 0.6) is 5.75 Å². The molecule has 0 bridgehead atoms. The Morgan fingerprint density at radius 1 is 1.12 bits per heavy atom. The van der Waals surface area contributed by atoms with Gasteiger partial charge in [0.25, 0.3) is 0 Å². The molecule has 1 amide bonds. The molecule has 32 heavy (non-hydrogen) atoms. The molecule has 2 aromatic rings. The Kier molecular flexibility index (Phi) is 7.85. The summed E-state index contributed by atoms with van der Waals surface area (Å²) >= 11 is 0. The molecule has 0 spiro atoms. The standard InChI is InChI=1S/C26H38N4O2/c1-28(17-23-15-27-29(2)18-23)16-21-8-6-12-25(14-21)32-20-22-9-7-13-30(19-22)26(31)24-10-4-3-5-11-24/h6,8,12,14-15,18,22,24H,3-5,7,9-11,13,16-17,19-20H2,1-2H3/t22-/m1/s1. The van der Waals surface area contributed by atoms with Crippen LogP contribution in [-0.4, -0.2) is 52.2 Å². The smallest absolute Gasteiger partial charge is 0.225 e. The molecule has 4 rings (SSSR count). The Morgan fingerprint density at radius 2 is 1.94 bits per heavy atom. The van der Waals surface area contributed by atoms with Crippen molar-refractivity contribution in [1.82, 2.24) is 19.6 Å². The molecule has 1 atom stereocenters. The molecule has 6 nitrogen and oxygen atoms in total. The molecule has 1 aliphatic heterocycles. The quantitative estimate of drug-likeness (QED) is 0.618. The number of hydrogen-bond acceptors (Lipinski definition) is 4. The highest BCUT2D eigenvalue weighted by Crippen LogP contribution is 2.28. The van der Waals surface area contributed by atoms with Gasteiger partial charge in [0.05, 0.1) is 12.8 Å². The van der Waals surface area contributed by atoms with Crippen LogP contribution in [-0.2, 0) is 24.9 Å². The molecule has 1 aliphatic carbocycles. The molecule has 0 N–H and O–H groups in total. The van der Waals surface area contributed by atoms with Crippen molar-refractivity contribution in [3.63, 3.8) is 0 Å². The first-order chi connectivity index (χ1) is 15.6. The van der Waals surface area contributed by atoms with E-state index in [1.807, 2.05) is 24.0 Å². The van der Waals surface area contributed by atoms with Crippen molar-refractivity contribution in [1.29, 1.82) is 0 Å². The summed E-state index contributed by atoms with van der Waals surface area (Å²) in [5.41, 5.74) is 2.46. The van der Waals surface area contributed by atoms with E-state index in [1.165, 1.54) is 30.4 Å². The summed E-state index contributed by atoms with van der Waals surface area (Å²) in [4.78, 5) is 17.3. The highest BCUT2D eigenvalue weighted by Gasteiger charge is 2.30. The second-order valence-electron chi connectivity index (χ2n) is 9.78. The van der Waals surface area contributed by atoms with Crippen molar-refractivity contribution in [3.05, 3.63) is 47.8 Å². The number of ether oxygens (including phenoxy) is 1. The van der Waals surface area contributed by atoms with Gasteiger partial charge in [0.1, 0.15) is 5.75 Å². The molecule has 2 heterocycles. The van der Waals surface area contributed by atoms with Gasteiger partial charge in [-0.3, -0.25) is 14.4 Å². The van der Waals surface area contributed by atoms with Crippen LogP contribution in [0.4, 0.5) is 0 Å². The lowest BCUT2D eigenvalue weighted by atomic mass is 9.87. The molecule has 1 saturated heterocycles. The maximum atomic E-state index is 12.9. The fraction of sp³-hybridized carbons (Fsp3) is 0.615. The number of benzene rings is 1. The molecular formula is C26H38N4O2. The van der Waals surface area contributed by atoms with Crippen LogP contribution in [0.3, 0.4) is 0 Å². The third-order valence-electron chi connectivity index (χ3n) is 6.83. The first-order valence-corrected chi connectivity index (χ1v) is 12.2. The number of nitrogens with zero attached hydrogens (tertiary/aromatic N) is 4. The number of likely N-dealkylation sites (tertiary alicyclic amines) is 1. The first-order valence-electron chi connectivity index (χ1n) is 12.2. The van der Waals surface area contributed by atoms with Gasteiger partial charge in [-0.05, 0) is 50.4 Å². The molecule has 174 valence electrons. The fourth-order valence-corrected chi connectivity index (χ4v) is 5.19. The lowest BCUT2D eigenvalue weighted by Gasteiger charge is -2.35. The van der Waals surface area contributed by atoms with Crippen molar-refractivity contribution in [2.24, 2.45) is 18.9 Å². The minimum Gasteiger partial charge on any atom is -0.493 e. The number of piperidine rings is 1. The zero-order valence-corrected chi connectivity index (χ0v) is 19.7. The molecule has 2 aliphatic rings. The van der Waals surface area contributed by atoms with Crippen LogP contribution >= 0.6 is 0 Å². The van der Waals surface area contributed by atoms with E-state index in [-0.39, 0.29) is 5.92 Å². The second-order valence-corrected chi connectivity index (χ2v) is 9.78. The Balaban J connectivity index is 1.25. The van der Waals surface area contributed by atoms with E-state index in [2.05, 4.69) is 46.3 Å². The number of amides is 1. The number of rotatable bonds is 8. The first kappa shape index (κ1) is 22.8. The fourth-order valence-electron chi connectivity index (χ4n) is 5.19. The van der Waals surface area contributed by atoms with E-state index >= 15 is 0 Å². The number of aryl methyl sites for hydroxylation is 1. The normalized spacial score (nSPS) is 20.0. The number of aromatic nitrogens is 2. The van der Waals surface area contributed by atoms with Crippen molar-refractivity contribution >= 4 is 5.91 Å². The van der Waals surface area contributed by atoms with Crippen molar-refractivity contribution in [3.8, 4) is 5.75 Å². The lowest BCUT2D eigenvalue weighted by Crippen LogP contribution is -2.44. The number of hydrogen-bond donors (Lipinski definition) is 0. The van der Waals surface area contributed by atoms with Gasteiger partial charge in [-0.1, -0.05) is 31.4 Å². The van der Waals surface area contributed by atoms with E-state index < -0.39 is 0 Å². The van der Waals surface area contributed by atoms with Gasteiger partial charge in [-0.2, -0.15) is 5.10 Å². The molecule has 2 fully saturated rings. The van der Waals surface area contributed by atoms with Gasteiger partial charge in [-0.25, -0.2) is 0 Å². The summed E-state index contributed by atoms with van der Waals surface area (Å²) in [5, 5.41) is 4.25. The maximum Gasteiger partial charge on any atom is 0.225 e. The summed E-state index contributed by atoms with van der Waals surface area (Å²) in [6, 6.07) is 8.41. The highest BCUT2D eigenvalue weighted by atomic mass is 16.5. The van der Waals surface area contributed by atoms with Gasteiger partial charge < -0.3 is 9.64 Å². The third kappa shape index (κ3) is 6.35. The van der Waals surface area contributed by atoms with Crippen molar-refractivity contribution < 1.29 is 9.53 Å². The van der Waals surface area contributed by atoms with Crippen LogP contribution in [0.1, 0.15) is 56.1 Å². The van der Waals surface area contributed by atoms with Crippen molar-refractivity contribution in [2.75, 3.05) is 26.7 Å². The molecule has 1 saturated carbocycles. The summed E-state index contributed by atoms with van der Waals surface area (Å²) in [5.74, 6) is 2.01. The SMILES string of the molecule is CN(Cc1cccc(OC[C@@H]2CCCN(C(=O)C3CCCCC3)C2)c1)Cc1cnn(C)c1. The monoisotopic (exact) mass is 438 g/mol. The molecule has 0 unspecified atom stereocenters. The number of carbonyl (C=O) groups is 1. The maximum absolute atomic E-state index is 12.9. The predicted molar refractivity (Wildman–Crippen MR) is 126 cm³/mol. The average Bonchev–Trinajstić information content (AvgIpc) is 3.22. The number of carbonyl (C=O) groups excluding carboxylic acids is 1. The zero-order valence-electron chi connectivity index (χ0n) is 19.7. The van der Waals surface area contributed by atoms with E-state index in [4.69, 9.17) is 4.74 Å². The highest BCUT2D eigenvalue weighted by molar-refractivity contribution is 5.79. The van der Waals surface area contributed by atoms with Gasteiger partial charge in [0.2, 0.25) is 5.91 Å². The average molecular weight is 439 g/mol. The largest absolute Gasteiger partial charge is 0.493 e.